The summed E-state index contributed by atoms with van der Waals surface area (Å²) in [6.45, 7) is 4.04. The van der Waals surface area contributed by atoms with Gasteiger partial charge in [-0.1, -0.05) is 19.1 Å². The van der Waals surface area contributed by atoms with E-state index in [4.69, 9.17) is 5.73 Å². The Balaban J connectivity index is 2.77. The van der Waals surface area contributed by atoms with E-state index in [0.717, 1.165) is 5.56 Å². The molecule has 0 amide bonds. The van der Waals surface area contributed by atoms with Crippen molar-refractivity contribution in [3.8, 4) is 0 Å². The molecular weight excluding hydrogens is 193 g/mol. The average Bonchev–Trinajstić information content (AvgIpc) is 2.15. The standard InChI is InChI=1S/C12H18FNO/c1-9(8-14)12(2,15)7-10-4-3-5-11(13)6-10/h3-6,9,15H,7-8,14H2,1-2H3. The molecule has 3 N–H and O–H groups in total. The summed E-state index contributed by atoms with van der Waals surface area (Å²) in [6.07, 6.45) is 0.420. The lowest BCUT2D eigenvalue weighted by molar-refractivity contribution is 0.0102. The van der Waals surface area contributed by atoms with Crippen molar-refractivity contribution >= 4 is 0 Å². The second-order valence-corrected chi connectivity index (χ2v) is 4.30. The lowest BCUT2D eigenvalue weighted by atomic mass is 9.85. The van der Waals surface area contributed by atoms with Crippen LogP contribution in [0.2, 0.25) is 0 Å². The molecule has 2 atom stereocenters. The van der Waals surface area contributed by atoms with Gasteiger partial charge in [-0.15, -0.1) is 0 Å². The fourth-order valence-electron chi connectivity index (χ4n) is 1.49. The fraction of sp³-hybridized carbons (Fsp3) is 0.500. The largest absolute Gasteiger partial charge is 0.390 e. The first kappa shape index (κ1) is 12.1. The third-order valence-electron chi connectivity index (χ3n) is 2.87. The van der Waals surface area contributed by atoms with Gasteiger partial charge < -0.3 is 10.8 Å². The van der Waals surface area contributed by atoms with Crippen molar-refractivity contribution in [2.24, 2.45) is 11.7 Å². The van der Waals surface area contributed by atoms with Crippen LogP contribution in [0.4, 0.5) is 4.39 Å². The minimum Gasteiger partial charge on any atom is -0.390 e. The molecule has 0 bridgehead atoms. The molecule has 1 aromatic carbocycles. The van der Waals surface area contributed by atoms with Crippen molar-refractivity contribution < 1.29 is 9.50 Å². The van der Waals surface area contributed by atoms with Crippen molar-refractivity contribution in [1.82, 2.24) is 0 Å². The van der Waals surface area contributed by atoms with Gasteiger partial charge in [-0.05, 0) is 37.1 Å². The summed E-state index contributed by atoms with van der Waals surface area (Å²) in [5.74, 6) is -0.288. The van der Waals surface area contributed by atoms with E-state index in [-0.39, 0.29) is 11.7 Å². The summed E-state index contributed by atoms with van der Waals surface area (Å²) < 4.78 is 12.9. The van der Waals surface area contributed by atoms with Crippen LogP contribution in [0.3, 0.4) is 0 Å². The lowest BCUT2D eigenvalue weighted by Gasteiger charge is -2.29. The molecule has 0 heterocycles. The van der Waals surface area contributed by atoms with Gasteiger partial charge in [0, 0.05) is 6.42 Å². The van der Waals surface area contributed by atoms with E-state index in [1.807, 2.05) is 6.92 Å². The molecule has 0 aromatic heterocycles. The third-order valence-corrected chi connectivity index (χ3v) is 2.87. The van der Waals surface area contributed by atoms with E-state index in [1.54, 1.807) is 19.1 Å². The summed E-state index contributed by atoms with van der Waals surface area (Å²) >= 11 is 0. The van der Waals surface area contributed by atoms with E-state index in [1.165, 1.54) is 12.1 Å². The molecule has 0 aliphatic rings. The summed E-state index contributed by atoms with van der Waals surface area (Å²) in [5, 5.41) is 10.1. The van der Waals surface area contributed by atoms with E-state index in [2.05, 4.69) is 0 Å². The predicted octanol–water partition coefficient (Wildman–Crippen LogP) is 1.71. The maximum absolute atomic E-state index is 12.9. The predicted molar refractivity (Wildman–Crippen MR) is 58.9 cm³/mol. The molecule has 84 valence electrons. The molecular formula is C12H18FNO. The molecule has 2 unspecified atom stereocenters. The first-order valence-electron chi connectivity index (χ1n) is 5.12. The van der Waals surface area contributed by atoms with Crippen molar-refractivity contribution in [3.63, 3.8) is 0 Å². The maximum Gasteiger partial charge on any atom is 0.123 e. The Kier molecular flexibility index (Phi) is 3.83. The molecule has 3 heteroatoms. The summed E-state index contributed by atoms with van der Waals surface area (Å²) in [7, 11) is 0. The molecule has 1 aromatic rings. The smallest absolute Gasteiger partial charge is 0.123 e. The van der Waals surface area contributed by atoms with E-state index in [9.17, 15) is 9.50 Å². The first-order valence-corrected chi connectivity index (χ1v) is 5.12. The van der Waals surface area contributed by atoms with Crippen LogP contribution in [-0.2, 0) is 6.42 Å². The molecule has 0 saturated heterocycles. The molecule has 15 heavy (non-hydrogen) atoms. The van der Waals surface area contributed by atoms with Crippen LogP contribution in [0.15, 0.2) is 24.3 Å². The molecule has 0 spiro atoms. The summed E-state index contributed by atoms with van der Waals surface area (Å²) in [5.41, 5.74) is 5.41. The van der Waals surface area contributed by atoms with Crippen LogP contribution in [-0.4, -0.2) is 17.3 Å². The number of hydrogen-bond donors (Lipinski definition) is 2. The summed E-state index contributed by atoms with van der Waals surface area (Å²) in [4.78, 5) is 0. The Morgan fingerprint density at radius 3 is 2.73 bits per heavy atom. The third kappa shape index (κ3) is 3.29. The van der Waals surface area contributed by atoms with Crippen molar-refractivity contribution in [2.45, 2.75) is 25.9 Å². The zero-order chi connectivity index (χ0) is 11.5. The fourth-order valence-corrected chi connectivity index (χ4v) is 1.49. The Hall–Kier alpha value is -0.930. The van der Waals surface area contributed by atoms with Gasteiger partial charge >= 0.3 is 0 Å². The number of rotatable bonds is 4. The number of aliphatic hydroxyl groups is 1. The number of nitrogens with two attached hydrogens (primary N) is 1. The second kappa shape index (κ2) is 4.73. The lowest BCUT2D eigenvalue weighted by Crippen LogP contribution is -2.39. The molecule has 0 aliphatic carbocycles. The van der Waals surface area contributed by atoms with Crippen LogP contribution < -0.4 is 5.73 Å². The topological polar surface area (TPSA) is 46.2 Å². The van der Waals surface area contributed by atoms with Gasteiger partial charge in [-0.3, -0.25) is 0 Å². The summed E-state index contributed by atoms with van der Waals surface area (Å²) in [6, 6.07) is 6.29. The van der Waals surface area contributed by atoms with Crippen molar-refractivity contribution in [2.75, 3.05) is 6.54 Å². The zero-order valence-corrected chi connectivity index (χ0v) is 9.20. The highest BCUT2D eigenvalue weighted by atomic mass is 19.1. The highest BCUT2D eigenvalue weighted by molar-refractivity contribution is 5.18. The molecule has 1 rings (SSSR count). The van der Waals surface area contributed by atoms with Gasteiger partial charge in [0.2, 0.25) is 0 Å². The van der Waals surface area contributed by atoms with Gasteiger partial charge in [0.1, 0.15) is 5.82 Å². The number of benzene rings is 1. The van der Waals surface area contributed by atoms with E-state index >= 15 is 0 Å². The maximum atomic E-state index is 12.9. The Morgan fingerprint density at radius 1 is 1.53 bits per heavy atom. The molecule has 0 radical (unpaired) electrons. The Bertz CT molecular complexity index is 325. The van der Waals surface area contributed by atoms with E-state index < -0.39 is 5.60 Å². The second-order valence-electron chi connectivity index (χ2n) is 4.30. The Morgan fingerprint density at radius 2 is 2.20 bits per heavy atom. The van der Waals surface area contributed by atoms with Crippen molar-refractivity contribution in [3.05, 3.63) is 35.6 Å². The van der Waals surface area contributed by atoms with Crippen LogP contribution in [0, 0.1) is 11.7 Å². The molecule has 2 nitrogen and oxygen atoms in total. The molecule has 0 aliphatic heterocycles. The monoisotopic (exact) mass is 211 g/mol. The van der Waals surface area contributed by atoms with Gasteiger partial charge in [0.05, 0.1) is 5.60 Å². The van der Waals surface area contributed by atoms with Crippen molar-refractivity contribution in [1.29, 1.82) is 0 Å². The highest BCUT2D eigenvalue weighted by Crippen LogP contribution is 2.21. The molecule has 0 fully saturated rings. The highest BCUT2D eigenvalue weighted by Gasteiger charge is 2.27. The van der Waals surface area contributed by atoms with Crippen LogP contribution >= 0.6 is 0 Å². The number of hydrogen-bond acceptors (Lipinski definition) is 2. The van der Waals surface area contributed by atoms with Crippen LogP contribution in [0.25, 0.3) is 0 Å². The van der Waals surface area contributed by atoms with Crippen LogP contribution in [0.5, 0.6) is 0 Å². The SMILES string of the molecule is CC(CN)C(C)(O)Cc1cccc(F)c1. The van der Waals surface area contributed by atoms with Gasteiger partial charge in [0.25, 0.3) is 0 Å². The minimum absolute atomic E-state index is 0.0132. The first-order chi connectivity index (χ1) is 6.95. The van der Waals surface area contributed by atoms with Crippen LogP contribution in [0.1, 0.15) is 19.4 Å². The van der Waals surface area contributed by atoms with Gasteiger partial charge in [-0.2, -0.15) is 0 Å². The quantitative estimate of drug-likeness (QED) is 0.796. The number of halogens is 1. The normalized spacial score (nSPS) is 17.1. The minimum atomic E-state index is -0.886. The van der Waals surface area contributed by atoms with E-state index in [0.29, 0.717) is 13.0 Å². The van der Waals surface area contributed by atoms with Gasteiger partial charge in [-0.25, -0.2) is 4.39 Å². The molecule has 0 saturated carbocycles. The van der Waals surface area contributed by atoms with Gasteiger partial charge in [0.15, 0.2) is 0 Å². The Labute approximate surface area is 89.9 Å². The average molecular weight is 211 g/mol. The zero-order valence-electron chi connectivity index (χ0n) is 9.20.